The van der Waals surface area contributed by atoms with Gasteiger partial charge < -0.3 is 10.5 Å². The van der Waals surface area contributed by atoms with Crippen LogP contribution >= 0.6 is 0 Å². The molecule has 1 aromatic rings. The molecule has 15 heavy (non-hydrogen) atoms. The molecule has 0 fully saturated rings. The molecule has 0 unspecified atom stereocenters. The van der Waals surface area contributed by atoms with Crippen LogP contribution in [-0.2, 0) is 0 Å². The Hall–Kier alpha value is -1.46. The van der Waals surface area contributed by atoms with Crippen LogP contribution in [0.5, 0.6) is 5.75 Å². The topological polar surface area (TPSA) is 35.2 Å². The van der Waals surface area contributed by atoms with Crippen LogP contribution in [0.2, 0.25) is 0 Å². The van der Waals surface area contributed by atoms with Crippen molar-refractivity contribution in [3.8, 4) is 18.1 Å². The van der Waals surface area contributed by atoms with Gasteiger partial charge in [-0.2, -0.15) is 0 Å². The van der Waals surface area contributed by atoms with E-state index in [9.17, 15) is 0 Å². The van der Waals surface area contributed by atoms with Crippen molar-refractivity contribution in [1.29, 1.82) is 0 Å². The molecule has 1 rings (SSSR count). The molecule has 1 aromatic carbocycles. The zero-order valence-corrected chi connectivity index (χ0v) is 9.07. The number of ether oxygens (including phenoxy) is 1. The van der Waals surface area contributed by atoms with E-state index in [2.05, 4.69) is 12.8 Å². The number of hydrogen-bond acceptors (Lipinski definition) is 2. The second-order valence-corrected chi connectivity index (χ2v) is 3.39. The Morgan fingerprint density at radius 2 is 2.07 bits per heavy atom. The second kappa shape index (κ2) is 6.10. The molecule has 0 saturated heterocycles. The normalized spacial score (nSPS) is 11.8. The van der Waals surface area contributed by atoms with Crippen LogP contribution in [0.25, 0.3) is 0 Å². The third-order valence-corrected chi connectivity index (χ3v) is 2.26. The molecular weight excluding hydrogens is 186 g/mol. The first kappa shape index (κ1) is 11.6. The van der Waals surface area contributed by atoms with Gasteiger partial charge in [0.25, 0.3) is 0 Å². The minimum Gasteiger partial charge on any atom is -0.493 e. The lowest BCUT2D eigenvalue weighted by Crippen LogP contribution is -2.08. The minimum atomic E-state index is 0.116. The summed E-state index contributed by atoms with van der Waals surface area (Å²) in [7, 11) is 0. The van der Waals surface area contributed by atoms with Crippen LogP contribution in [0.3, 0.4) is 0 Å². The van der Waals surface area contributed by atoms with Gasteiger partial charge in [-0.25, -0.2) is 0 Å². The smallest absolute Gasteiger partial charge is 0.119 e. The maximum absolute atomic E-state index is 5.90. The van der Waals surface area contributed by atoms with Gasteiger partial charge >= 0.3 is 0 Å². The van der Waals surface area contributed by atoms with Crippen LogP contribution in [0.15, 0.2) is 24.3 Å². The van der Waals surface area contributed by atoms with Crippen molar-refractivity contribution in [3.63, 3.8) is 0 Å². The first-order chi connectivity index (χ1) is 7.27. The monoisotopic (exact) mass is 203 g/mol. The zero-order chi connectivity index (χ0) is 11.1. The molecule has 2 nitrogen and oxygen atoms in total. The molecule has 0 aromatic heterocycles. The fourth-order valence-electron chi connectivity index (χ4n) is 1.27. The van der Waals surface area contributed by atoms with Gasteiger partial charge in [-0.3, -0.25) is 0 Å². The molecule has 80 valence electrons. The van der Waals surface area contributed by atoms with E-state index in [1.807, 2.05) is 24.3 Å². The lowest BCUT2D eigenvalue weighted by atomic mass is 10.1. The van der Waals surface area contributed by atoms with Gasteiger partial charge in [0.2, 0.25) is 0 Å². The number of rotatable bonds is 5. The molecular formula is C13H17NO. The van der Waals surface area contributed by atoms with Crippen molar-refractivity contribution in [2.24, 2.45) is 5.73 Å². The largest absolute Gasteiger partial charge is 0.493 e. The van der Waals surface area contributed by atoms with E-state index in [1.54, 1.807) is 0 Å². The summed E-state index contributed by atoms with van der Waals surface area (Å²) >= 11 is 0. The molecule has 0 saturated carbocycles. The fraction of sp³-hybridized carbons (Fsp3) is 0.385. The molecule has 0 aliphatic heterocycles. The van der Waals surface area contributed by atoms with Gasteiger partial charge in [-0.05, 0) is 24.1 Å². The first-order valence-electron chi connectivity index (χ1n) is 5.19. The van der Waals surface area contributed by atoms with Crippen molar-refractivity contribution in [2.75, 3.05) is 6.61 Å². The molecule has 2 N–H and O–H groups in total. The van der Waals surface area contributed by atoms with E-state index < -0.39 is 0 Å². The molecule has 0 spiro atoms. The summed E-state index contributed by atoms with van der Waals surface area (Å²) in [5.74, 6) is 3.38. The van der Waals surface area contributed by atoms with E-state index >= 15 is 0 Å². The van der Waals surface area contributed by atoms with E-state index in [4.69, 9.17) is 16.9 Å². The number of benzene rings is 1. The summed E-state index contributed by atoms with van der Waals surface area (Å²) in [5, 5.41) is 0. The highest BCUT2D eigenvalue weighted by Crippen LogP contribution is 2.18. The van der Waals surface area contributed by atoms with Crippen molar-refractivity contribution in [1.82, 2.24) is 0 Å². The number of hydrogen-bond donors (Lipinski definition) is 1. The highest BCUT2D eigenvalue weighted by Gasteiger charge is 2.02. The number of terminal acetylenes is 1. The first-order valence-corrected chi connectivity index (χ1v) is 5.19. The van der Waals surface area contributed by atoms with Crippen LogP contribution in [0.4, 0.5) is 0 Å². The van der Waals surface area contributed by atoms with Crippen LogP contribution in [0.1, 0.15) is 31.4 Å². The average molecular weight is 203 g/mol. The lowest BCUT2D eigenvalue weighted by molar-refractivity contribution is 0.327. The molecule has 0 heterocycles. The maximum Gasteiger partial charge on any atom is 0.119 e. The average Bonchev–Trinajstić information content (AvgIpc) is 2.29. The quantitative estimate of drug-likeness (QED) is 0.589. The predicted octanol–water partition coefficient (Wildman–Crippen LogP) is 2.50. The summed E-state index contributed by atoms with van der Waals surface area (Å²) in [5.41, 5.74) is 7.04. The maximum atomic E-state index is 5.90. The van der Waals surface area contributed by atoms with Crippen molar-refractivity contribution >= 4 is 0 Å². The fourth-order valence-corrected chi connectivity index (χ4v) is 1.27. The summed E-state index contributed by atoms with van der Waals surface area (Å²) in [6.07, 6.45) is 6.70. The SMILES string of the molecule is C#CCCOc1ccc([C@H](N)CC)cc1. The molecule has 0 aliphatic carbocycles. The highest BCUT2D eigenvalue weighted by atomic mass is 16.5. The van der Waals surface area contributed by atoms with Gasteiger partial charge in [-0.1, -0.05) is 19.1 Å². The molecule has 2 heteroatoms. The highest BCUT2D eigenvalue weighted by molar-refractivity contribution is 5.28. The van der Waals surface area contributed by atoms with Crippen molar-refractivity contribution in [3.05, 3.63) is 29.8 Å². The third-order valence-electron chi connectivity index (χ3n) is 2.26. The minimum absolute atomic E-state index is 0.116. The third kappa shape index (κ3) is 3.65. The van der Waals surface area contributed by atoms with Gasteiger partial charge in [-0.15, -0.1) is 12.3 Å². The van der Waals surface area contributed by atoms with Crippen molar-refractivity contribution < 1.29 is 4.74 Å². The van der Waals surface area contributed by atoms with E-state index in [-0.39, 0.29) is 6.04 Å². The molecule has 0 amide bonds. The zero-order valence-electron chi connectivity index (χ0n) is 9.07. The van der Waals surface area contributed by atoms with E-state index in [0.29, 0.717) is 13.0 Å². The Morgan fingerprint density at radius 3 is 2.60 bits per heavy atom. The standard InChI is InChI=1S/C13H17NO/c1-3-5-10-15-12-8-6-11(7-9-12)13(14)4-2/h1,6-9,13H,4-5,10,14H2,2H3/t13-/m1/s1. The summed E-state index contributed by atoms with van der Waals surface area (Å²) in [6.45, 7) is 2.64. The predicted molar refractivity (Wildman–Crippen MR) is 62.6 cm³/mol. The Morgan fingerprint density at radius 1 is 1.40 bits per heavy atom. The van der Waals surface area contributed by atoms with Crippen LogP contribution in [0, 0.1) is 12.3 Å². The summed E-state index contributed by atoms with van der Waals surface area (Å²) < 4.78 is 5.43. The van der Waals surface area contributed by atoms with Gasteiger partial charge in [0.1, 0.15) is 5.75 Å². The Labute approximate surface area is 91.4 Å². The second-order valence-electron chi connectivity index (χ2n) is 3.39. The Bertz CT molecular complexity index is 323. The van der Waals surface area contributed by atoms with E-state index in [1.165, 1.54) is 0 Å². The molecule has 0 radical (unpaired) electrons. The van der Waals surface area contributed by atoms with Gasteiger partial charge in [0.05, 0.1) is 6.61 Å². The van der Waals surface area contributed by atoms with Gasteiger partial charge in [0, 0.05) is 12.5 Å². The van der Waals surface area contributed by atoms with Crippen molar-refractivity contribution in [2.45, 2.75) is 25.8 Å². The summed E-state index contributed by atoms with van der Waals surface area (Å²) in [4.78, 5) is 0. The number of nitrogens with two attached hydrogens (primary N) is 1. The van der Waals surface area contributed by atoms with Crippen LogP contribution in [-0.4, -0.2) is 6.61 Å². The van der Waals surface area contributed by atoms with Crippen LogP contribution < -0.4 is 10.5 Å². The molecule has 1 atom stereocenters. The lowest BCUT2D eigenvalue weighted by Gasteiger charge is -2.10. The Balaban J connectivity index is 2.53. The molecule has 0 aliphatic rings. The van der Waals surface area contributed by atoms with E-state index in [0.717, 1.165) is 17.7 Å². The molecule has 0 bridgehead atoms. The Kier molecular flexibility index (Phi) is 4.73. The van der Waals surface area contributed by atoms with Gasteiger partial charge in [0.15, 0.2) is 0 Å². The summed E-state index contributed by atoms with van der Waals surface area (Å²) in [6, 6.07) is 7.98.